The van der Waals surface area contributed by atoms with E-state index in [0.29, 0.717) is 0 Å². The van der Waals surface area contributed by atoms with Crippen LogP contribution in [-0.4, -0.2) is 41.3 Å². The molecule has 0 amide bonds. The van der Waals surface area contributed by atoms with Gasteiger partial charge < -0.3 is 20.4 Å². The van der Waals surface area contributed by atoms with E-state index < -0.39 is 0 Å². The lowest BCUT2D eigenvalue weighted by molar-refractivity contribution is 0.191. The van der Waals surface area contributed by atoms with E-state index in [4.69, 9.17) is 0 Å². The van der Waals surface area contributed by atoms with Crippen molar-refractivity contribution in [1.29, 1.82) is 0 Å². The van der Waals surface area contributed by atoms with Gasteiger partial charge in [0.2, 0.25) is 0 Å². The van der Waals surface area contributed by atoms with E-state index in [0.717, 1.165) is 24.6 Å². The number of hydrogen-bond donors (Lipinski definition) is 3. The fraction of sp³-hybridized carbons (Fsp3) is 0.625. The van der Waals surface area contributed by atoms with Crippen LogP contribution in [0.1, 0.15) is 38.3 Å². The number of nitrogens with zero attached hydrogens (tertiary/aromatic N) is 1. The molecule has 4 heteroatoms. The van der Waals surface area contributed by atoms with Crippen molar-refractivity contribution in [3.63, 3.8) is 0 Å². The summed E-state index contributed by atoms with van der Waals surface area (Å²) in [4.78, 5) is 2.50. The average molecular weight is 278 g/mol. The fourth-order valence-corrected chi connectivity index (χ4v) is 2.73. The Hall–Kier alpha value is -1.26. The third-order valence-electron chi connectivity index (χ3n) is 4.24. The predicted molar refractivity (Wildman–Crippen MR) is 81.0 cm³/mol. The quantitative estimate of drug-likeness (QED) is 0.774. The zero-order chi connectivity index (χ0) is 14.5. The Labute approximate surface area is 121 Å². The van der Waals surface area contributed by atoms with Crippen LogP contribution in [0.3, 0.4) is 0 Å². The van der Waals surface area contributed by atoms with Gasteiger partial charge in [-0.25, -0.2) is 0 Å². The summed E-state index contributed by atoms with van der Waals surface area (Å²) in [7, 11) is 0. The van der Waals surface area contributed by atoms with Crippen LogP contribution in [0.15, 0.2) is 18.2 Å². The molecular formula is C16H26N2O2. The molecule has 1 aromatic carbocycles. The second-order valence-electron chi connectivity index (χ2n) is 5.94. The zero-order valence-electron chi connectivity index (χ0n) is 12.5. The van der Waals surface area contributed by atoms with Gasteiger partial charge in [-0.3, -0.25) is 0 Å². The third-order valence-corrected chi connectivity index (χ3v) is 4.24. The molecule has 1 aliphatic rings. The van der Waals surface area contributed by atoms with Gasteiger partial charge in [-0.05, 0) is 44.8 Å². The second-order valence-corrected chi connectivity index (χ2v) is 5.94. The number of phenolic OH excluding ortho intramolecular Hbond substituents is 2. The number of rotatable bonds is 5. The highest BCUT2D eigenvalue weighted by atomic mass is 16.3. The van der Waals surface area contributed by atoms with Crippen molar-refractivity contribution in [2.45, 2.75) is 32.7 Å². The number of benzene rings is 1. The van der Waals surface area contributed by atoms with Crippen molar-refractivity contribution in [2.75, 3.05) is 26.2 Å². The summed E-state index contributed by atoms with van der Waals surface area (Å²) < 4.78 is 0. The van der Waals surface area contributed by atoms with Gasteiger partial charge in [-0.2, -0.15) is 0 Å². The maximum atomic E-state index is 9.83. The van der Waals surface area contributed by atoms with Crippen LogP contribution in [-0.2, 0) is 0 Å². The van der Waals surface area contributed by atoms with Crippen LogP contribution >= 0.6 is 0 Å². The van der Waals surface area contributed by atoms with Crippen molar-refractivity contribution in [3.05, 3.63) is 23.8 Å². The van der Waals surface area contributed by atoms with Crippen molar-refractivity contribution in [1.82, 2.24) is 10.2 Å². The summed E-state index contributed by atoms with van der Waals surface area (Å²) in [6, 6.07) is 4.85. The number of piperidine rings is 1. The highest BCUT2D eigenvalue weighted by Gasteiger charge is 2.16. The van der Waals surface area contributed by atoms with Crippen molar-refractivity contribution >= 4 is 0 Å². The molecule has 1 atom stereocenters. The second kappa shape index (κ2) is 6.95. The van der Waals surface area contributed by atoms with Gasteiger partial charge in [0.1, 0.15) is 11.5 Å². The molecule has 0 aromatic heterocycles. The van der Waals surface area contributed by atoms with Gasteiger partial charge in [-0.15, -0.1) is 0 Å². The lowest BCUT2D eigenvalue weighted by Gasteiger charge is -2.30. The van der Waals surface area contributed by atoms with E-state index in [1.165, 1.54) is 32.0 Å². The standard InChI is InChI=1S/C16H26N2O2/c1-12-5-8-18(9-6-12)10-7-17-13(2)15-4-3-14(19)11-16(15)20/h3-4,11-13,17,19-20H,5-10H2,1-2H3. The van der Waals surface area contributed by atoms with Crippen LogP contribution in [0.5, 0.6) is 11.5 Å². The Kier molecular flexibility index (Phi) is 5.26. The van der Waals surface area contributed by atoms with Crippen LogP contribution < -0.4 is 5.32 Å². The molecule has 112 valence electrons. The molecule has 2 rings (SSSR count). The first-order valence-electron chi connectivity index (χ1n) is 7.54. The predicted octanol–water partition coefficient (Wildman–Crippen LogP) is 2.48. The highest BCUT2D eigenvalue weighted by molar-refractivity contribution is 5.40. The molecule has 1 aliphatic heterocycles. The molecule has 0 radical (unpaired) electrons. The van der Waals surface area contributed by atoms with Crippen LogP contribution in [0, 0.1) is 5.92 Å². The lowest BCUT2D eigenvalue weighted by Crippen LogP contribution is -2.38. The zero-order valence-corrected chi connectivity index (χ0v) is 12.5. The maximum Gasteiger partial charge on any atom is 0.124 e. The number of phenols is 2. The van der Waals surface area contributed by atoms with E-state index in [1.807, 2.05) is 6.92 Å². The number of hydrogen-bond acceptors (Lipinski definition) is 4. The van der Waals surface area contributed by atoms with Crippen molar-refractivity contribution < 1.29 is 10.2 Å². The van der Waals surface area contributed by atoms with Crippen LogP contribution in [0.25, 0.3) is 0 Å². The van der Waals surface area contributed by atoms with Gasteiger partial charge >= 0.3 is 0 Å². The van der Waals surface area contributed by atoms with E-state index in [1.54, 1.807) is 12.1 Å². The van der Waals surface area contributed by atoms with Crippen molar-refractivity contribution in [3.8, 4) is 11.5 Å². The third kappa shape index (κ3) is 4.12. The molecule has 4 nitrogen and oxygen atoms in total. The van der Waals surface area contributed by atoms with Gasteiger partial charge in [0.15, 0.2) is 0 Å². The maximum absolute atomic E-state index is 9.83. The Balaban J connectivity index is 1.76. The molecule has 1 aromatic rings. The first-order valence-corrected chi connectivity index (χ1v) is 7.54. The SMILES string of the molecule is CC1CCN(CCNC(C)c2ccc(O)cc2O)CC1. The Morgan fingerprint density at radius 1 is 1.30 bits per heavy atom. The molecule has 20 heavy (non-hydrogen) atoms. The summed E-state index contributed by atoms with van der Waals surface area (Å²) in [6.45, 7) is 8.71. The topological polar surface area (TPSA) is 55.7 Å². The summed E-state index contributed by atoms with van der Waals surface area (Å²) >= 11 is 0. The molecule has 1 fully saturated rings. The minimum Gasteiger partial charge on any atom is -0.508 e. The molecule has 0 aliphatic carbocycles. The van der Waals surface area contributed by atoms with Gasteiger partial charge in [0.25, 0.3) is 0 Å². The van der Waals surface area contributed by atoms with Crippen LogP contribution in [0.2, 0.25) is 0 Å². The summed E-state index contributed by atoms with van der Waals surface area (Å²) in [5.41, 5.74) is 0.829. The molecule has 0 saturated carbocycles. The molecule has 1 unspecified atom stereocenters. The lowest BCUT2D eigenvalue weighted by atomic mass is 9.99. The number of nitrogens with one attached hydrogen (secondary N) is 1. The highest BCUT2D eigenvalue weighted by Crippen LogP contribution is 2.27. The van der Waals surface area contributed by atoms with E-state index in [9.17, 15) is 10.2 Å². The molecule has 1 heterocycles. The molecule has 1 saturated heterocycles. The molecule has 0 bridgehead atoms. The van der Waals surface area contributed by atoms with E-state index >= 15 is 0 Å². The van der Waals surface area contributed by atoms with E-state index in [2.05, 4.69) is 17.1 Å². The molecule has 0 spiro atoms. The minimum atomic E-state index is 0.0827. The fourth-order valence-electron chi connectivity index (χ4n) is 2.73. The summed E-state index contributed by atoms with van der Waals surface area (Å²) in [5.74, 6) is 1.12. The van der Waals surface area contributed by atoms with Gasteiger partial charge in [-0.1, -0.05) is 13.0 Å². The molecule has 3 N–H and O–H groups in total. The smallest absolute Gasteiger partial charge is 0.124 e. The first kappa shape index (κ1) is 15.1. The van der Waals surface area contributed by atoms with Crippen LogP contribution in [0.4, 0.5) is 0 Å². The average Bonchev–Trinajstić information content (AvgIpc) is 2.41. The largest absolute Gasteiger partial charge is 0.508 e. The number of aromatic hydroxyl groups is 2. The monoisotopic (exact) mass is 278 g/mol. The Morgan fingerprint density at radius 3 is 2.65 bits per heavy atom. The minimum absolute atomic E-state index is 0.0827. The van der Waals surface area contributed by atoms with E-state index in [-0.39, 0.29) is 17.5 Å². The molecular weight excluding hydrogens is 252 g/mol. The summed E-state index contributed by atoms with van der Waals surface area (Å²) in [6.07, 6.45) is 2.60. The van der Waals surface area contributed by atoms with Crippen molar-refractivity contribution in [2.24, 2.45) is 5.92 Å². The number of likely N-dealkylation sites (tertiary alicyclic amines) is 1. The Morgan fingerprint density at radius 2 is 2.00 bits per heavy atom. The van der Waals surface area contributed by atoms with Gasteiger partial charge in [0.05, 0.1) is 0 Å². The Bertz CT molecular complexity index is 428. The van der Waals surface area contributed by atoms with Gasteiger partial charge in [0, 0.05) is 30.8 Å². The first-order chi connectivity index (χ1) is 9.56. The normalized spacial score (nSPS) is 19.1. The summed E-state index contributed by atoms with van der Waals surface area (Å²) in [5, 5.41) is 22.6.